The number of ether oxygens (including phenoxy) is 1. The highest BCUT2D eigenvalue weighted by Gasteiger charge is 2.32. The number of nitrogens with one attached hydrogen (secondary N) is 1. The molecule has 0 amide bonds. The summed E-state index contributed by atoms with van der Waals surface area (Å²) in [6, 6.07) is 0. The summed E-state index contributed by atoms with van der Waals surface area (Å²) in [4.78, 5) is 17.9. The molecule has 96 valence electrons. The Bertz CT molecular complexity index is 468. The van der Waals surface area contributed by atoms with Crippen LogP contribution in [0.5, 0.6) is 0 Å². The lowest BCUT2D eigenvalue weighted by Crippen LogP contribution is -2.39. The van der Waals surface area contributed by atoms with E-state index in [1.165, 1.54) is 20.2 Å². The molecule has 17 heavy (non-hydrogen) atoms. The first-order valence-electron chi connectivity index (χ1n) is 4.90. The zero-order valence-corrected chi connectivity index (χ0v) is 10.7. The van der Waals surface area contributed by atoms with Gasteiger partial charge in [0.05, 0.1) is 13.7 Å². The summed E-state index contributed by atoms with van der Waals surface area (Å²) < 4.78 is 29.4. The SMILES string of the molecule is COC(=O)C(C)S(=O)(=O)N(C)Cc1ncc[nH]1. The molecule has 0 bridgehead atoms. The molecule has 0 fully saturated rings. The molecule has 0 aliphatic rings. The Morgan fingerprint density at radius 2 is 2.29 bits per heavy atom. The molecule has 0 radical (unpaired) electrons. The van der Waals surface area contributed by atoms with Gasteiger partial charge in [-0.1, -0.05) is 0 Å². The standard InChI is InChI=1S/C9H15N3O4S/c1-7(9(13)16-3)17(14,15)12(2)6-8-10-4-5-11-8/h4-5,7H,6H2,1-3H3,(H,10,11). The molecule has 7 nitrogen and oxygen atoms in total. The van der Waals surface area contributed by atoms with Crippen molar-refractivity contribution < 1.29 is 17.9 Å². The lowest BCUT2D eigenvalue weighted by molar-refractivity contribution is -0.139. The van der Waals surface area contributed by atoms with Crippen LogP contribution in [0, 0.1) is 0 Å². The second kappa shape index (κ2) is 5.28. The topological polar surface area (TPSA) is 92.4 Å². The van der Waals surface area contributed by atoms with Crippen LogP contribution in [0.15, 0.2) is 12.4 Å². The number of sulfonamides is 1. The van der Waals surface area contributed by atoms with Crippen LogP contribution in [-0.2, 0) is 26.1 Å². The number of hydrogen-bond acceptors (Lipinski definition) is 5. The van der Waals surface area contributed by atoms with Crippen molar-refractivity contribution in [1.82, 2.24) is 14.3 Å². The van der Waals surface area contributed by atoms with Crippen molar-refractivity contribution in [1.29, 1.82) is 0 Å². The second-order valence-corrected chi connectivity index (χ2v) is 5.86. The highest BCUT2D eigenvalue weighted by atomic mass is 32.2. The maximum atomic E-state index is 11.9. The van der Waals surface area contributed by atoms with Crippen LogP contribution in [-0.4, -0.2) is 48.1 Å². The van der Waals surface area contributed by atoms with Crippen LogP contribution in [0.4, 0.5) is 0 Å². The number of methoxy groups -OCH3 is 1. The summed E-state index contributed by atoms with van der Waals surface area (Å²) in [5, 5.41) is -1.23. The molecule has 1 rings (SSSR count). The maximum absolute atomic E-state index is 11.9. The van der Waals surface area contributed by atoms with Crippen molar-refractivity contribution in [2.24, 2.45) is 0 Å². The third kappa shape index (κ3) is 3.04. The van der Waals surface area contributed by atoms with E-state index < -0.39 is 21.2 Å². The molecule has 0 aliphatic carbocycles. The van der Waals surface area contributed by atoms with Gasteiger partial charge in [-0.05, 0) is 6.92 Å². The van der Waals surface area contributed by atoms with Crippen LogP contribution in [0.1, 0.15) is 12.7 Å². The zero-order valence-electron chi connectivity index (χ0n) is 9.87. The van der Waals surface area contributed by atoms with Crippen molar-refractivity contribution in [2.45, 2.75) is 18.7 Å². The van der Waals surface area contributed by atoms with E-state index in [9.17, 15) is 13.2 Å². The number of carbonyl (C=O) groups excluding carboxylic acids is 1. The number of aromatic nitrogens is 2. The summed E-state index contributed by atoms with van der Waals surface area (Å²) in [5.41, 5.74) is 0. The number of aromatic amines is 1. The molecule has 1 N–H and O–H groups in total. The lowest BCUT2D eigenvalue weighted by Gasteiger charge is -2.19. The van der Waals surface area contributed by atoms with E-state index in [1.54, 1.807) is 6.20 Å². The second-order valence-electron chi connectivity index (χ2n) is 3.50. The number of H-pyrrole nitrogens is 1. The van der Waals surface area contributed by atoms with Crippen LogP contribution in [0.25, 0.3) is 0 Å². The van der Waals surface area contributed by atoms with E-state index in [0.29, 0.717) is 5.82 Å². The van der Waals surface area contributed by atoms with Crippen LogP contribution >= 0.6 is 0 Å². The zero-order chi connectivity index (χ0) is 13.1. The van der Waals surface area contributed by atoms with Gasteiger partial charge in [-0.3, -0.25) is 4.79 Å². The molecule has 0 spiro atoms. The molecule has 1 aromatic heterocycles. The minimum Gasteiger partial charge on any atom is -0.468 e. The Balaban J connectivity index is 2.80. The minimum atomic E-state index is -3.73. The molecule has 1 unspecified atom stereocenters. The molecular weight excluding hydrogens is 246 g/mol. The van der Waals surface area contributed by atoms with Gasteiger partial charge in [0.2, 0.25) is 10.0 Å². The fourth-order valence-electron chi connectivity index (χ4n) is 1.24. The molecular formula is C9H15N3O4S. The largest absolute Gasteiger partial charge is 0.468 e. The first-order chi connectivity index (χ1) is 7.89. The number of esters is 1. The number of hydrogen-bond donors (Lipinski definition) is 1. The number of imidazole rings is 1. The third-order valence-electron chi connectivity index (χ3n) is 2.34. The number of nitrogens with zero attached hydrogens (tertiary/aromatic N) is 2. The summed E-state index contributed by atoms with van der Waals surface area (Å²) in [6.07, 6.45) is 3.12. The van der Waals surface area contributed by atoms with Gasteiger partial charge in [-0.25, -0.2) is 13.4 Å². The first kappa shape index (κ1) is 13.7. The van der Waals surface area contributed by atoms with E-state index in [-0.39, 0.29) is 6.54 Å². The molecule has 0 aromatic carbocycles. The van der Waals surface area contributed by atoms with Gasteiger partial charge in [0.15, 0.2) is 5.25 Å². The molecule has 1 atom stereocenters. The molecule has 1 aromatic rings. The van der Waals surface area contributed by atoms with Crippen molar-refractivity contribution >= 4 is 16.0 Å². The van der Waals surface area contributed by atoms with Gasteiger partial charge in [0.1, 0.15) is 5.82 Å². The average Bonchev–Trinajstić information content (AvgIpc) is 2.79. The Hall–Kier alpha value is -1.41. The van der Waals surface area contributed by atoms with Crippen molar-refractivity contribution in [3.63, 3.8) is 0 Å². The Kier molecular flexibility index (Phi) is 4.24. The predicted molar refractivity (Wildman–Crippen MR) is 60.5 cm³/mol. The quantitative estimate of drug-likeness (QED) is 0.737. The van der Waals surface area contributed by atoms with Gasteiger partial charge >= 0.3 is 5.97 Å². The Morgan fingerprint density at radius 1 is 1.65 bits per heavy atom. The average molecular weight is 261 g/mol. The molecule has 0 saturated carbocycles. The van der Waals surface area contributed by atoms with Gasteiger partial charge in [0.25, 0.3) is 0 Å². The van der Waals surface area contributed by atoms with E-state index in [2.05, 4.69) is 14.7 Å². The van der Waals surface area contributed by atoms with E-state index in [0.717, 1.165) is 11.4 Å². The Labute approximate surface area is 99.8 Å². The summed E-state index contributed by atoms with van der Waals surface area (Å²) in [6.45, 7) is 1.37. The van der Waals surface area contributed by atoms with Crippen LogP contribution in [0.2, 0.25) is 0 Å². The monoisotopic (exact) mass is 261 g/mol. The predicted octanol–water partition coefficient (Wildman–Crippen LogP) is -0.267. The van der Waals surface area contributed by atoms with Gasteiger partial charge in [0, 0.05) is 19.4 Å². The third-order valence-corrected chi connectivity index (χ3v) is 4.43. The van der Waals surface area contributed by atoms with E-state index in [1.807, 2.05) is 0 Å². The molecule has 0 saturated heterocycles. The highest BCUT2D eigenvalue weighted by Crippen LogP contribution is 2.10. The summed E-state index contributed by atoms with van der Waals surface area (Å²) in [5.74, 6) is -0.274. The lowest BCUT2D eigenvalue weighted by atomic mass is 10.5. The van der Waals surface area contributed by atoms with E-state index >= 15 is 0 Å². The smallest absolute Gasteiger partial charge is 0.325 e. The molecule has 1 heterocycles. The maximum Gasteiger partial charge on any atom is 0.325 e. The van der Waals surface area contributed by atoms with Crippen molar-refractivity contribution in [2.75, 3.05) is 14.2 Å². The van der Waals surface area contributed by atoms with Crippen LogP contribution < -0.4 is 0 Å². The minimum absolute atomic E-state index is 0.0800. The van der Waals surface area contributed by atoms with E-state index in [4.69, 9.17) is 0 Å². The summed E-state index contributed by atoms with van der Waals surface area (Å²) in [7, 11) is -1.19. The van der Waals surface area contributed by atoms with Gasteiger partial charge in [-0.2, -0.15) is 4.31 Å². The Morgan fingerprint density at radius 3 is 2.76 bits per heavy atom. The number of carbonyl (C=O) groups is 1. The van der Waals surface area contributed by atoms with Gasteiger partial charge < -0.3 is 9.72 Å². The normalized spacial score (nSPS) is 13.6. The van der Waals surface area contributed by atoms with Crippen molar-refractivity contribution in [3.05, 3.63) is 18.2 Å². The molecule has 8 heteroatoms. The number of rotatable bonds is 5. The van der Waals surface area contributed by atoms with Gasteiger partial charge in [-0.15, -0.1) is 0 Å². The highest BCUT2D eigenvalue weighted by molar-refractivity contribution is 7.90. The fourth-order valence-corrected chi connectivity index (χ4v) is 2.42. The summed E-state index contributed by atoms with van der Waals surface area (Å²) >= 11 is 0. The first-order valence-corrected chi connectivity index (χ1v) is 6.41. The van der Waals surface area contributed by atoms with Crippen molar-refractivity contribution in [3.8, 4) is 0 Å². The molecule has 0 aliphatic heterocycles. The van der Waals surface area contributed by atoms with Crippen LogP contribution in [0.3, 0.4) is 0 Å². The fraction of sp³-hybridized carbons (Fsp3) is 0.556.